The molecule has 0 bridgehead atoms. The summed E-state index contributed by atoms with van der Waals surface area (Å²) >= 11 is 0. The zero-order valence-electron chi connectivity index (χ0n) is 7.53. The molecule has 72 valence electrons. The average molecular weight is 182 g/mol. The van der Waals surface area contributed by atoms with Gasteiger partial charge >= 0.3 is 0 Å². The van der Waals surface area contributed by atoms with Crippen LogP contribution in [0, 0.1) is 0 Å². The molecule has 0 aromatic carbocycles. The number of nitrogens with one attached hydrogen (secondary N) is 1. The van der Waals surface area contributed by atoms with Gasteiger partial charge in [0.2, 0.25) is 0 Å². The van der Waals surface area contributed by atoms with Crippen molar-refractivity contribution < 1.29 is 9.25 Å². The van der Waals surface area contributed by atoms with E-state index < -0.39 is 0 Å². The minimum absolute atomic E-state index is 0.392. The third-order valence-corrected chi connectivity index (χ3v) is 2.28. The first-order valence-electron chi connectivity index (χ1n) is 4.71. The third kappa shape index (κ3) is 2.54. The Hall–Kier alpha value is -0.870. The lowest BCUT2D eigenvalue weighted by Crippen LogP contribution is -2.20. The molecule has 4 nitrogen and oxygen atoms in total. The van der Waals surface area contributed by atoms with Crippen LogP contribution < -0.4 is 5.48 Å². The maximum Gasteiger partial charge on any atom is 0.180 e. The van der Waals surface area contributed by atoms with Crippen LogP contribution in [0.25, 0.3) is 0 Å². The van der Waals surface area contributed by atoms with Crippen molar-refractivity contribution in [3.63, 3.8) is 0 Å². The van der Waals surface area contributed by atoms with Gasteiger partial charge < -0.3 is 4.42 Å². The molecule has 0 radical (unpaired) electrons. The first-order valence-corrected chi connectivity index (χ1v) is 4.71. The number of hydrogen-bond donors (Lipinski definition) is 1. The van der Waals surface area contributed by atoms with Crippen molar-refractivity contribution in [1.82, 2.24) is 10.5 Å². The van der Waals surface area contributed by atoms with Gasteiger partial charge in [-0.15, -0.1) is 0 Å². The van der Waals surface area contributed by atoms with Crippen LogP contribution in [-0.2, 0) is 11.4 Å². The van der Waals surface area contributed by atoms with Crippen LogP contribution in [0.2, 0.25) is 0 Å². The summed E-state index contributed by atoms with van der Waals surface area (Å²) in [6.45, 7) is 0.594. The summed E-state index contributed by atoms with van der Waals surface area (Å²) in [6.07, 6.45) is 8.41. The summed E-state index contributed by atoms with van der Waals surface area (Å²) in [5, 5.41) is 0. The number of nitrogens with zero attached hydrogens (tertiary/aromatic N) is 1. The molecule has 1 aliphatic carbocycles. The molecule has 0 amide bonds. The van der Waals surface area contributed by atoms with Crippen LogP contribution in [0.5, 0.6) is 0 Å². The Morgan fingerprint density at radius 1 is 1.54 bits per heavy atom. The largest absolute Gasteiger partial charge is 0.447 e. The molecule has 13 heavy (non-hydrogen) atoms. The van der Waals surface area contributed by atoms with Crippen molar-refractivity contribution in [2.45, 2.75) is 38.3 Å². The average Bonchev–Trinajstić information content (AvgIpc) is 2.75. The van der Waals surface area contributed by atoms with E-state index in [4.69, 9.17) is 9.25 Å². The fraction of sp³-hybridized carbons (Fsp3) is 0.667. The van der Waals surface area contributed by atoms with Gasteiger partial charge in [0.05, 0.1) is 18.8 Å². The number of oxazole rings is 1. The molecule has 0 aliphatic heterocycles. The Bertz CT molecular complexity index is 230. The number of hydrogen-bond acceptors (Lipinski definition) is 4. The van der Waals surface area contributed by atoms with Crippen molar-refractivity contribution in [1.29, 1.82) is 0 Å². The predicted molar refractivity (Wildman–Crippen MR) is 46.7 cm³/mol. The van der Waals surface area contributed by atoms with Crippen LogP contribution in [0.15, 0.2) is 17.0 Å². The van der Waals surface area contributed by atoms with E-state index in [1.807, 2.05) is 0 Å². The molecule has 2 rings (SSSR count). The van der Waals surface area contributed by atoms with Crippen molar-refractivity contribution >= 4 is 0 Å². The van der Waals surface area contributed by atoms with Crippen molar-refractivity contribution in [2.75, 3.05) is 0 Å². The molecule has 1 aromatic heterocycles. The molecule has 1 fully saturated rings. The van der Waals surface area contributed by atoms with Crippen molar-refractivity contribution in [3.8, 4) is 0 Å². The highest BCUT2D eigenvalue weighted by molar-refractivity contribution is 4.86. The molecule has 0 saturated heterocycles. The van der Waals surface area contributed by atoms with E-state index in [0.29, 0.717) is 12.6 Å². The van der Waals surface area contributed by atoms with E-state index in [1.165, 1.54) is 32.1 Å². The molecule has 1 saturated carbocycles. The predicted octanol–water partition coefficient (Wildman–Crippen LogP) is 1.64. The smallest absolute Gasteiger partial charge is 0.180 e. The highest BCUT2D eigenvalue weighted by Gasteiger charge is 2.15. The Kier molecular flexibility index (Phi) is 2.94. The van der Waals surface area contributed by atoms with Gasteiger partial charge in [-0.1, -0.05) is 12.8 Å². The Morgan fingerprint density at radius 3 is 3.08 bits per heavy atom. The Morgan fingerprint density at radius 2 is 2.38 bits per heavy atom. The lowest BCUT2D eigenvalue weighted by molar-refractivity contribution is -0.0268. The Labute approximate surface area is 77.2 Å². The Balaban J connectivity index is 1.63. The normalized spacial score (nSPS) is 18.2. The zero-order chi connectivity index (χ0) is 8.93. The minimum atomic E-state index is 0.392. The van der Waals surface area contributed by atoms with Crippen molar-refractivity contribution in [2.24, 2.45) is 0 Å². The highest BCUT2D eigenvalue weighted by atomic mass is 16.7. The second-order valence-corrected chi connectivity index (χ2v) is 3.31. The monoisotopic (exact) mass is 182 g/mol. The van der Waals surface area contributed by atoms with Gasteiger partial charge in [0, 0.05) is 0 Å². The molecule has 0 spiro atoms. The van der Waals surface area contributed by atoms with Gasteiger partial charge in [0.1, 0.15) is 5.76 Å². The van der Waals surface area contributed by atoms with E-state index in [9.17, 15) is 0 Å². The summed E-state index contributed by atoms with van der Waals surface area (Å²) < 4.78 is 5.04. The van der Waals surface area contributed by atoms with Crippen LogP contribution >= 0.6 is 0 Å². The van der Waals surface area contributed by atoms with Crippen LogP contribution in [-0.4, -0.2) is 11.1 Å². The van der Waals surface area contributed by atoms with Gasteiger partial charge in [0.25, 0.3) is 0 Å². The summed E-state index contributed by atoms with van der Waals surface area (Å²) in [7, 11) is 0. The zero-order valence-corrected chi connectivity index (χ0v) is 7.53. The maximum absolute atomic E-state index is 5.44. The molecule has 0 unspecified atom stereocenters. The molecule has 1 heterocycles. The standard InChI is InChI=1S/C9H14N2O2/c1-2-4-8(3-1)13-11-6-9-5-10-7-12-9/h5,7-8,11H,1-4,6H2. The summed E-state index contributed by atoms with van der Waals surface area (Å²) in [5.74, 6) is 0.804. The quantitative estimate of drug-likeness (QED) is 0.719. The van der Waals surface area contributed by atoms with E-state index in [1.54, 1.807) is 6.20 Å². The summed E-state index contributed by atoms with van der Waals surface area (Å²) in [4.78, 5) is 9.25. The second-order valence-electron chi connectivity index (χ2n) is 3.31. The minimum Gasteiger partial charge on any atom is -0.447 e. The SMILES string of the molecule is c1ncc(CNOC2CCCC2)o1. The fourth-order valence-electron chi connectivity index (χ4n) is 1.57. The van der Waals surface area contributed by atoms with Gasteiger partial charge in [0.15, 0.2) is 6.39 Å². The fourth-order valence-corrected chi connectivity index (χ4v) is 1.57. The van der Waals surface area contributed by atoms with Gasteiger partial charge in [-0.3, -0.25) is 4.84 Å². The van der Waals surface area contributed by atoms with Gasteiger partial charge in [-0.25, -0.2) is 4.98 Å². The van der Waals surface area contributed by atoms with E-state index in [-0.39, 0.29) is 0 Å². The third-order valence-electron chi connectivity index (χ3n) is 2.28. The summed E-state index contributed by atoms with van der Waals surface area (Å²) in [5.41, 5.74) is 2.90. The van der Waals surface area contributed by atoms with E-state index in [2.05, 4.69) is 10.5 Å². The van der Waals surface area contributed by atoms with Gasteiger partial charge in [-0.05, 0) is 12.8 Å². The van der Waals surface area contributed by atoms with Gasteiger partial charge in [-0.2, -0.15) is 5.48 Å². The number of rotatable bonds is 4. The molecule has 0 atom stereocenters. The van der Waals surface area contributed by atoms with E-state index >= 15 is 0 Å². The van der Waals surface area contributed by atoms with Crippen LogP contribution in [0.3, 0.4) is 0 Å². The van der Waals surface area contributed by atoms with Crippen LogP contribution in [0.4, 0.5) is 0 Å². The lowest BCUT2D eigenvalue weighted by atomic mass is 10.3. The number of aromatic nitrogens is 1. The lowest BCUT2D eigenvalue weighted by Gasteiger charge is -2.09. The highest BCUT2D eigenvalue weighted by Crippen LogP contribution is 2.19. The molecular formula is C9H14N2O2. The molecule has 4 heteroatoms. The molecule has 1 aromatic rings. The topological polar surface area (TPSA) is 47.3 Å². The molecular weight excluding hydrogens is 168 g/mol. The number of hydroxylamine groups is 1. The summed E-state index contributed by atoms with van der Waals surface area (Å²) in [6, 6.07) is 0. The van der Waals surface area contributed by atoms with Crippen molar-refractivity contribution in [3.05, 3.63) is 18.4 Å². The first-order chi connectivity index (χ1) is 6.45. The van der Waals surface area contributed by atoms with Crippen LogP contribution in [0.1, 0.15) is 31.4 Å². The molecule has 1 aliphatic rings. The van der Waals surface area contributed by atoms with E-state index in [0.717, 1.165) is 5.76 Å². The molecule has 1 N–H and O–H groups in total. The second kappa shape index (κ2) is 4.39. The maximum atomic E-state index is 5.44. The first kappa shape index (κ1) is 8.72.